The van der Waals surface area contributed by atoms with Gasteiger partial charge in [0.2, 0.25) is 0 Å². The van der Waals surface area contributed by atoms with E-state index in [2.05, 4.69) is 53.4 Å². The molecule has 20 heavy (non-hydrogen) atoms. The Bertz CT molecular complexity index is 576. The molecular formula is C17H23N3. The lowest BCUT2D eigenvalue weighted by Crippen LogP contribution is -2.36. The Morgan fingerprint density at radius 2 is 2.10 bits per heavy atom. The number of nitrogens with one attached hydrogen (secondary N) is 1. The van der Waals surface area contributed by atoms with Gasteiger partial charge in [0.15, 0.2) is 0 Å². The fourth-order valence-corrected chi connectivity index (χ4v) is 3.24. The summed E-state index contributed by atoms with van der Waals surface area (Å²) in [6, 6.07) is 11.2. The number of para-hydroxylation sites is 1. The summed E-state index contributed by atoms with van der Waals surface area (Å²) >= 11 is 0. The molecular weight excluding hydrogens is 246 g/mol. The van der Waals surface area contributed by atoms with E-state index in [9.17, 15) is 0 Å². The van der Waals surface area contributed by atoms with Crippen LogP contribution in [0, 0.1) is 5.92 Å². The van der Waals surface area contributed by atoms with Crippen molar-refractivity contribution in [2.45, 2.75) is 19.4 Å². The van der Waals surface area contributed by atoms with Crippen LogP contribution in [0.1, 0.15) is 12.5 Å². The monoisotopic (exact) mass is 269 g/mol. The number of pyridine rings is 1. The van der Waals surface area contributed by atoms with Crippen LogP contribution in [0.2, 0.25) is 0 Å². The van der Waals surface area contributed by atoms with Gasteiger partial charge >= 0.3 is 0 Å². The van der Waals surface area contributed by atoms with Crippen LogP contribution < -0.4 is 5.32 Å². The molecule has 0 saturated carbocycles. The second-order valence-corrected chi connectivity index (χ2v) is 6.00. The maximum atomic E-state index is 4.52. The van der Waals surface area contributed by atoms with Crippen molar-refractivity contribution in [3.8, 4) is 0 Å². The van der Waals surface area contributed by atoms with Gasteiger partial charge < -0.3 is 10.2 Å². The average molecular weight is 269 g/mol. The Kier molecular flexibility index (Phi) is 3.99. The normalized spacial score (nSPS) is 23.5. The molecule has 1 aromatic heterocycles. The van der Waals surface area contributed by atoms with Gasteiger partial charge in [0.05, 0.1) is 5.52 Å². The summed E-state index contributed by atoms with van der Waals surface area (Å²) in [5, 5.41) is 4.94. The third-order valence-corrected chi connectivity index (χ3v) is 4.31. The van der Waals surface area contributed by atoms with Crippen LogP contribution in [0.4, 0.5) is 0 Å². The Labute approximate surface area is 121 Å². The second kappa shape index (κ2) is 5.90. The van der Waals surface area contributed by atoms with Crippen LogP contribution >= 0.6 is 0 Å². The summed E-state index contributed by atoms with van der Waals surface area (Å²) in [7, 11) is 2.20. The summed E-state index contributed by atoms with van der Waals surface area (Å²) in [4.78, 5) is 6.93. The highest BCUT2D eigenvalue weighted by Crippen LogP contribution is 2.17. The van der Waals surface area contributed by atoms with Crippen LogP contribution in [-0.2, 0) is 6.42 Å². The maximum Gasteiger partial charge on any atom is 0.0734 e. The van der Waals surface area contributed by atoms with E-state index in [0.717, 1.165) is 30.9 Å². The van der Waals surface area contributed by atoms with Gasteiger partial charge in [0.25, 0.3) is 0 Å². The number of hydrogen-bond acceptors (Lipinski definition) is 3. The van der Waals surface area contributed by atoms with Crippen molar-refractivity contribution in [3.63, 3.8) is 0 Å². The molecule has 1 aliphatic rings. The average Bonchev–Trinajstić information content (AvgIpc) is 2.77. The van der Waals surface area contributed by atoms with Crippen molar-refractivity contribution in [3.05, 3.63) is 42.1 Å². The minimum Gasteiger partial charge on any atom is -0.312 e. The van der Waals surface area contributed by atoms with Crippen LogP contribution in [0.3, 0.4) is 0 Å². The van der Waals surface area contributed by atoms with E-state index >= 15 is 0 Å². The summed E-state index contributed by atoms with van der Waals surface area (Å²) in [6.45, 7) is 5.72. The number of likely N-dealkylation sites (tertiary alicyclic amines) is 1. The summed E-state index contributed by atoms with van der Waals surface area (Å²) in [5.41, 5.74) is 2.49. The van der Waals surface area contributed by atoms with Crippen molar-refractivity contribution in [1.82, 2.24) is 15.2 Å². The zero-order valence-electron chi connectivity index (χ0n) is 12.3. The predicted octanol–water partition coefficient (Wildman–Crippen LogP) is 2.32. The quantitative estimate of drug-likeness (QED) is 0.923. The summed E-state index contributed by atoms with van der Waals surface area (Å²) in [6.07, 6.45) is 2.93. The highest BCUT2D eigenvalue weighted by molar-refractivity contribution is 5.81. The SMILES string of the molecule is C[C@@H]1CN(C)C[C@H]1NCCc1cccc2cccnc12. The lowest BCUT2D eigenvalue weighted by atomic mass is 10.0. The number of likely N-dealkylation sites (N-methyl/N-ethyl adjacent to an activating group) is 1. The van der Waals surface area contributed by atoms with E-state index in [1.807, 2.05) is 12.3 Å². The van der Waals surface area contributed by atoms with E-state index < -0.39 is 0 Å². The van der Waals surface area contributed by atoms with Crippen LogP contribution in [0.15, 0.2) is 36.5 Å². The van der Waals surface area contributed by atoms with Gasteiger partial charge in [-0.25, -0.2) is 0 Å². The first-order valence-corrected chi connectivity index (χ1v) is 7.48. The van der Waals surface area contributed by atoms with Crippen molar-refractivity contribution < 1.29 is 0 Å². The smallest absolute Gasteiger partial charge is 0.0734 e. The van der Waals surface area contributed by atoms with E-state index in [-0.39, 0.29) is 0 Å². The minimum absolute atomic E-state index is 0.628. The topological polar surface area (TPSA) is 28.2 Å². The summed E-state index contributed by atoms with van der Waals surface area (Å²) < 4.78 is 0. The molecule has 0 bridgehead atoms. The molecule has 1 saturated heterocycles. The molecule has 0 amide bonds. The Morgan fingerprint density at radius 1 is 1.25 bits per heavy atom. The second-order valence-electron chi connectivity index (χ2n) is 6.00. The van der Waals surface area contributed by atoms with E-state index in [4.69, 9.17) is 0 Å². The third-order valence-electron chi connectivity index (χ3n) is 4.31. The Morgan fingerprint density at radius 3 is 2.90 bits per heavy atom. The molecule has 0 spiro atoms. The molecule has 3 nitrogen and oxygen atoms in total. The van der Waals surface area contributed by atoms with Crippen LogP contribution in [-0.4, -0.2) is 42.6 Å². The van der Waals surface area contributed by atoms with Crippen LogP contribution in [0.5, 0.6) is 0 Å². The molecule has 0 aliphatic carbocycles. The summed E-state index contributed by atoms with van der Waals surface area (Å²) in [5.74, 6) is 0.741. The number of hydrogen-bond donors (Lipinski definition) is 1. The standard InChI is InChI=1S/C17H23N3/c1-13-11-20(2)12-16(13)18-10-8-15-6-3-5-14-7-4-9-19-17(14)15/h3-7,9,13,16,18H,8,10-12H2,1-2H3/t13-,16-/m1/s1. The van der Waals surface area contributed by atoms with Crippen molar-refractivity contribution in [2.24, 2.45) is 5.92 Å². The minimum atomic E-state index is 0.628. The lowest BCUT2D eigenvalue weighted by Gasteiger charge is -2.16. The molecule has 0 unspecified atom stereocenters. The molecule has 1 N–H and O–H groups in total. The van der Waals surface area contributed by atoms with Crippen molar-refractivity contribution in [1.29, 1.82) is 0 Å². The van der Waals surface area contributed by atoms with E-state index in [1.165, 1.54) is 17.5 Å². The zero-order chi connectivity index (χ0) is 13.9. The maximum absolute atomic E-state index is 4.52. The van der Waals surface area contributed by atoms with Gasteiger partial charge in [-0.05, 0) is 37.6 Å². The molecule has 3 rings (SSSR count). The van der Waals surface area contributed by atoms with Crippen molar-refractivity contribution >= 4 is 10.9 Å². The van der Waals surface area contributed by atoms with Gasteiger partial charge in [-0.3, -0.25) is 4.98 Å². The highest BCUT2D eigenvalue weighted by Gasteiger charge is 2.26. The fourth-order valence-electron chi connectivity index (χ4n) is 3.24. The highest BCUT2D eigenvalue weighted by atomic mass is 15.2. The molecule has 106 valence electrons. The number of nitrogens with zero attached hydrogens (tertiary/aromatic N) is 2. The number of aromatic nitrogens is 1. The molecule has 2 heterocycles. The Hall–Kier alpha value is -1.45. The Balaban J connectivity index is 1.63. The van der Waals surface area contributed by atoms with E-state index in [1.54, 1.807) is 0 Å². The third kappa shape index (κ3) is 2.84. The van der Waals surface area contributed by atoms with Crippen molar-refractivity contribution in [2.75, 3.05) is 26.7 Å². The largest absolute Gasteiger partial charge is 0.312 e. The number of benzene rings is 1. The predicted molar refractivity (Wildman–Crippen MR) is 83.9 cm³/mol. The number of rotatable bonds is 4. The van der Waals surface area contributed by atoms with Gasteiger partial charge in [-0.1, -0.05) is 31.2 Å². The number of fused-ring (bicyclic) bond motifs is 1. The molecule has 3 heteroatoms. The van der Waals surface area contributed by atoms with Gasteiger partial charge in [0.1, 0.15) is 0 Å². The molecule has 2 atom stereocenters. The van der Waals surface area contributed by atoms with E-state index in [0.29, 0.717) is 6.04 Å². The molecule has 1 fully saturated rings. The lowest BCUT2D eigenvalue weighted by molar-refractivity contribution is 0.396. The fraction of sp³-hybridized carbons (Fsp3) is 0.471. The van der Waals surface area contributed by atoms with Gasteiger partial charge in [-0.15, -0.1) is 0 Å². The van der Waals surface area contributed by atoms with Gasteiger partial charge in [0, 0.05) is 30.7 Å². The first kappa shape index (κ1) is 13.5. The first-order valence-electron chi connectivity index (χ1n) is 7.48. The molecule has 1 aliphatic heterocycles. The molecule has 0 radical (unpaired) electrons. The molecule has 1 aromatic carbocycles. The van der Waals surface area contributed by atoms with Gasteiger partial charge in [-0.2, -0.15) is 0 Å². The first-order chi connectivity index (χ1) is 9.74. The van der Waals surface area contributed by atoms with Crippen LogP contribution in [0.25, 0.3) is 10.9 Å². The molecule has 2 aromatic rings. The zero-order valence-corrected chi connectivity index (χ0v) is 12.3.